The Hall–Kier alpha value is -3.91. The normalized spacial score (nSPS) is 10.7. The standard InChI is InChI=1S/C26H27N5O3.ClH/c27-21-9-5-19-15-20-6-10-22(28)17-25(20)30(24(19)16-21)14-4-2-1-3-13-29-26(32)18-7-11-23(12-8-18)31(33)34;/h5-12,15-17H,1-4,13-14H2,(H4,27,28,29,32);1H. The first-order valence-electron chi connectivity index (χ1n) is 11.4. The lowest BCUT2D eigenvalue weighted by molar-refractivity contribution is -0.645. The van der Waals surface area contributed by atoms with Crippen molar-refractivity contribution in [2.75, 3.05) is 18.0 Å². The van der Waals surface area contributed by atoms with Crippen LogP contribution < -0.4 is 33.8 Å². The second-order valence-electron chi connectivity index (χ2n) is 8.41. The molecule has 0 saturated heterocycles. The molecule has 0 aliphatic heterocycles. The molecule has 0 spiro atoms. The Labute approximate surface area is 209 Å². The van der Waals surface area contributed by atoms with Crippen LogP contribution >= 0.6 is 0 Å². The third-order valence-electron chi connectivity index (χ3n) is 5.94. The third-order valence-corrected chi connectivity index (χ3v) is 5.94. The van der Waals surface area contributed by atoms with Gasteiger partial charge in [-0.3, -0.25) is 14.9 Å². The van der Waals surface area contributed by atoms with E-state index in [2.05, 4.69) is 16.0 Å². The first-order valence-corrected chi connectivity index (χ1v) is 11.4. The Kier molecular flexibility index (Phi) is 8.43. The van der Waals surface area contributed by atoms with E-state index in [1.165, 1.54) is 24.3 Å². The van der Waals surface area contributed by atoms with Gasteiger partial charge in [-0.15, -0.1) is 0 Å². The van der Waals surface area contributed by atoms with Gasteiger partial charge in [0.15, 0.2) is 0 Å². The van der Waals surface area contributed by atoms with E-state index in [4.69, 9.17) is 11.5 Å². The molecule has 4 aromatic rings. The highest BCUT2D eigenvalue weighted by atomic mass is 35.5. The smallest absolute Gasteiger partial charge is 0.269 e. The number of amides is 1. The average molecular weight is 494 g/mol. The summed E-state index contributed by atoms with van der Waals surface area (Å²) in [5.41, 5.74) is 16.2. The largest absolute Gasteiger partial charge is 1.00 e. The molecule has 0 aliphatic rings. The molecule has 0 bridgehead atoms. The molecule has 0 saturated carbocycles. The molecule has 0 aliphatic carbocycles. The molecule has 9 heteroatoms. The Bertz CT molecular complexity index is 1300. The molecule has 0 atom stereocenters. The van der Waals surface area contributed by atoms with Crippen LogP contribution in [0.15, 0.2) is 66.7 Å². The molecule has 0 radical (unpaired) electrons. The van der Waals surface area contributed by atoms with Gasteiger partial charge in [-0.1, -0.05) is 6.42 Å². The number of hydrogen-bond donors (Lipinski definition) is 3. The quantitative estimate of drug-likeness (QED) is 0.0809. The number of nitro groups is 1. The number of nitro benzene ring substituents is 1. The topological polar surface area (TPSA) is 128 Å². The van der Waals surface area contributed by atoms with E-state index in [1.807, 2.05) is 36.4 Å². The van der Waals surface area contributed by atoms with Crippen molar-refractivity contribution in [2.24, 2.45) is 0 Å². The number of nitrogens with two attached hydrogens (primary N) is 2. The van der Waals surface area contributed by atoms with E-state index in [-0.39, 0.29) is 24.0 Å². The highest BCUT2D eigenvalue weighted by molar-refractivity contribution is 5.94. The van der Waals surface area contributed by atoms with E-state index in [1.54, 1.807) is 0 Å². The number of aryl methyl sites for hydroxylation is 1. The van der Waals surface area contributed by atoms with Crippen LogP contribution in [0.25, 0.3) is 21.8 Å². The maximum absolute atomic E-state index is 12.2. The van der Waals surface area contributed by atoms with Crippen molar-refractivity contribution in [1.82, 2.24) is 5.32 Å². The lowest BCUT2D eigenvalue weighted by Gasteiger charge is -2.08. The number of nitrogens with zero attached hydrogens (tertiary/aromatic N) is 2. The fourth-order valence-electron chi connectivity index (χ4n) is 4.16. The molecule has 35 heavy (non-hydrogen) atoms. The molecule has 8 nitrogen and oxygen atoms in total. The predicted molar refractivity (Wildman–Crippen MR) is 134 cm³/mol. The zero-order chi connectivity index (χ0) is 24.1. The van der Waals surface area contributed by atoms with Gasteiger partial charge in [-0.2, -0.15) is 4.57 Å². The molecule has 1 heterocycles. The molecule has 3 aromatic carbocycles. The third kappa shape index (κ3) is 6.16. The lowest BCUT2D eigenvalue weighted by Crippen LogP contribution is -3.00. The number of aromatic nitrogens is 1. The number of nitrogen functional groups attached to an aromatic ring is 2. The van der Waals surface area contributed by atoms with Crippen LogP contribution in [0.4, 0.5) is 17.1 Å². The number of nitrogens with one attached hydrogen (secondary N) is 1. The Morgan fingerprint density at radius 3 is 1.97 bits per heavy atom. The Balaban J connectivity index is 0.00000342. The molecule has 1 aromatic heterocycles. The Morgan fingerprint density at radius 2 is 1.40 bits per heavy atom. The molecule has 4 rings (SSSR count). The summed E-state index contributed by atoms with van der Waals surface area (Å²) in [6, 6.07) is 19.7. The summed E-state index contributed by atoms with van der Waals surface area (Å²) in [4.78, 5) is 22.4. The number of anilines is 2. The van der Waals surface area contributed by atoms with Crippen LogP contribution in [0.5, 0.6) is 0 Å². The number of rotatable bonds is 9. The summed E-state index contributed by atoms with van der Waals surface area (Å²) >= 11 is 0. The fourth-order valence-corrected chi connectivity index (χ4v) is 4.16. The highest BCUT2D eigenvalue weighted by Gasteiger charge is 2.16. The second kappa shape index (κ2) is 11.5. The number of halogens is 1. The van der Waals surface area contributed by atoms with Crippen LogP contribution in [0.2, 0.25) is 0 Å². The van der Waals surface area contributed by atoms with Crippen LogP contribution in [-0.4, -0.2) is 17.4 Å². The van der Waals surface area contributed by atoms with Crippen molar-refractivity contribution in [3.63, 3.8) is 0 Å². The van der Waals surface area contributed by atoms with Crippen molar-refractivity contribution < 1.29 is 26.7 Å². The number of carbonyl (C=O) groups is 1. The van der Waals surface area contributed by atoms with Gasteiger partial charge < -0.3 is 29.2 Å². The number of hydrogen-bond acceptors (Lipinski definition) is 5. The summed E-state index contributed by atoms with van der Waals surface area (Å²) in [5, 5.41) is 15.9. The van der Waals surface area contributed by atoms with Gasteiger partial charge in [0.2, 0.25) is 11.0 Å². The first-order chi connectivity index (χ1) is 16.4. The molecular formula is C26H28ClN5O3. The molecule has 5 N–H and O–H groups in total. The summed E-state index contributed by atoms with van der Waals surface area (Å²) < 4.78 is 2.29. The number of benzene rings is 3. The van der Waals surface area contributed by atoms with E-state index >= 15 is 0 Å². The SMILES string of the molecule is Nc1ccc2cc3ccc(N)cc3[n+](CCCCCCNC(=O)c3ccc([N+](=O)[O-])cc3)c2c1.[Cl-]. The van der Waals surface area contributed by atoms with Crippen molar-refractivity contribution in [1.29, 1.82) is 0 Å². The monoisotopic (exact) mass is 493 g/mol. The van der Waals surface area contributed by atoms with Crippen molar-refractivity contribution in [2.45, 2.75) is 32.2 Å². The molecule has 182 valence electrons. The number of non-ortho nitro benzene ring substituents is 1. The maximum atomic E-state index is 12.2. The summed E-state index contributed by atoms with van der Waals surface area (Å²) in [5.74, 6) is -0.220. The fraction of sp³-hybridized carbons (Fsp3) is 0.231. The van der Waals surface area contributed by atoms with E-state index in [0.29, 0.717) is 12.1 Å². The van der Waals surface area contributed by atoms with Crippen LogP contribution in [0, 0.1) is 10.1 Å². The van der Waals surface area contributed by atoms with E-state index < -0.39 is 4.92 Å². The van der Waals surface area contributed by atoms with Crippen molar-refractivity contribution in [3.05, 3.63) is 82.4 Å². The minimum Gasteiger partial charge on any atom is -1.00 e. The molecule has 0 fully saturated rings. The molecule has 1 amide bonds. The minimum absolute atomic E-state index is 0. The zero-order valence-electron chi connectivity index (χ0n) is 19.2. The second-order valence-corrected chi connectivity index (χ2v) is 8.41. The van der Waals surface area contributed by atoms with Gasteiger partial charge in [0.1, 0.15) is 6.54 Å². The summed E-state index contributed by atoms with van der Waals surface area (Å²) in [6.07, 6.45) is 3.84. The van der Waals surface area contributed by atoms with Gasteiger partial charge in [0.05, 0.1) is 4.92 Å². The van der Waals surface area contributed by atoms with Gasteiger partial charge in [0, 0.05) is 64.9 Å². The van der Waals surface area contributed by atoms with Gasteiger partial charge in [-0.25, -0.2) is 0 Å². The first kappa shape index (κ1) is 25.7. The number of unbranched alkanes of at least 4 members (excludes halogenated alkanes) is 3. The highest BCUT2D eigenvalue weighted by Crippen LogP contribution is 2.22. The number of carbonyl (C=O) groups excluding carboxylic acids is 1. The minimum atomic E-state index is -0.481. The predicted octanol–water partition coefficient (Wildman–Crippen LogP) is 1.35. The van der Waals surface area contributed by atoms with Gasteiger partial charge in [0.25, 0.3) is 11.6 Å². The summed E-state index contributed by atoms with van der Waals surface area (Å²) in [6.45, 7) is 1.41. The van der Waals surface area contributed by atoms with Gasteiger partial charge >= 0.3 is 0 Å². The Morgan fingerprint density at radius 1 is 0.829 bits per heavy atom. The number of pyridine rings is 1. The van der Waals surface area contributed by atoms with Crippen molar-refractivity contribution in [3.8, 4) is 0 Å². The van der Waals surface area contributed by atoms with E-state index in [9.17, 15) is 14.9 Å². The number of fused-ring (bicyclic) bond motifs is 2. The average Bonchev–Trinajstić information content (AvgIpc) is 2.83. The maximum Gasteiger partial charge on any atom is 0.269 e. The van der Waals surface area contributed by atoms with Crippen molar-refractivity contribution >= 4 is 44.8 Å². The van der Waals surface area contributed by atoms with Gasteiger partial charge in [-0.05, 0) is 55.3 Å². The van der Waals surface area contributed by atoms with Crippen LogP contribution in [0.3, 0.4) is 0 Å². The van der Waals surface area contributed by atoms with Crippen LogP contribution in [0.1, 0.15) is 36.0 Å². The van der Waals surface area contributed by atoms with E-state index in [0.717, 1.165) is 65.4 Å². The molecular weight excluding hydrogens is 466 g/mol. The molecule has 0 unspecified atom stereocenters. The lowest BCUT2D eigenvalue weighted by atomic mass is 10.1. The summed E-state index contributed by atoms with van der Waals surface area (Å²) in [7, 11) is 0. The van der Waals surface area contributed by atoms with Crippen LogP contribution in [-0.2, 0) is 6.54 Å². The zero-order valence-corrected chi connectivity index (χ0v) is 20.0.